The fourth-order valence-electron chi connectivity index (χ4n) is 4.10. The molecule has 1 amide bonds. The van der Waals surface area contributed by atoms with Gasteiger partial charge in [0.1, 0.15) is 0 Å². The first-order chi connectivity index (χ1) is 12.6. The lowest BCUT2D eigenvalue weighted by Crippen LogP contribution is -2.57. The second-order valence-electron chi connectivity index (χ2n) is 7.36. The molecule has 26 heavy (non-hydrogen) atoms. The van der Waals surface area contributed by atoms with Crippen molar-refractivity contribution < 1.29 is 4.79 Å². The Morgan fingerprint density at radius 3 is 2.46 bits per heavy atom. The molecular formula is C21H25N3O2. The molecule has 0 radical (unpaired) electrons. The highest BCUT2D eigenvalue weighted by atomic mass is 16.2. The van der Waals surface area contributed by atoms with Gasteiger partial charge in [-0.25, -0.2) is 0 Å². The molecule has 5 nitrogen and oxygen atoms in total. The van der Waals surface area contributed by atoms with Gasteiger partial charge in [0.25, 0.3) is 11.5 Å². The van der Waals surface area contributed by atoms with E-state index in [4.69, 9.17) is 0 Å². The summed E-state index contributed by atoms with van der Waals surface area (Å²) >= 11 is 0. The van der Waals surface area contributed by atoms with Crippen molar-refractivity contribution in [1.29, 1.82) is 0 Å². The highest BCUT2D eigenvalue weighted by molar-refractivity contribution is 5.94. The number of nitrogens with one attached hydrogen (secondary N) is 1. The van der Waals surface area contributed by atoms with E-state index in [0.29, 0.717) is 11.5 Å². The summed E-state index contributed by atoms with van der Waals surface area (Å²) in [5, 5.41) is 3.19. The fraction of sp³-hybridized carbons (Fsp3) is 0.429. The zero-order valence-corrected chi connectivity index (χ0v) is 15.1. The lowest BCUT2D eigenvalue weighted by Gasteiger charge is -2.44. The predicted molar refractivity (Wildman–Crippen MR) is 102 cm³/mol. The molecule has 1 aromatic carbocycles. The summed E-state index contributed by atoms with van der Waals surface area (Å²) in [6, 6.07) is 11.2. The first-order valence-corrected chi connectivity index (χ1v) is 9.49. The third-order valence-corrected chi connectivity index (χ3v) is 5.77. The van der Waals surface area contributed by atoms with Gasteiger partial charge in [-0.15, -0.1) is 0 Å². The van der Waals surface area contributed by atoms with E-state index in [1.54, 1.807) is 16.8 Å². The number of rotatable bonds is 4. The van der Waals surface area contributed by atoms with Crippen molar-refractivity contribution in [2.24, 2.45) is 5.92 Å². The number of piperidine rings is 3. The molecular weight excluding hydrogens is 326 g/mol. The van der Waals surface area contributed by atoms with Crippen LogP contribution in [0.25, 0.3) is 5.69 Å². The van der Waals surface area contributed by atoms with Gasteiger partial charge in [-0.05, 0) is 62.0 Å². The van der Waals surface area contributed by atoms with Crippen LogP contribution < -0.4 is 10.9 Å². The van der Waals surface area contributed by atoms with Crippen LogP contribution >= 0.6 is 0 Å². The van der Waals surface area contributed by atoms with Gasteiger partial charge in [0.15, 0.2) is 0 Å². The van der Waals surface area contributed by atoms with Crippen LogP contribution in [0.1, 0.15) is 35.7 Å². The summed E-state index contributed by atoms with van der Waals surface area (Å²) in [6.45, 7) is 5.33. The number of amides is 1. The van der Waals surface area contributed by atoms with Gasteiger partial charge in [0, 0.05) is 30.5 Å². The monoisotopic (exact) mass is 351 g/mol. The topological polar surface area (TPSA) is 54.3 Å². The molecule has 2 aromatic rings. The third kappa shape index (κ3) is 3.31. The predicted octanol–water partition coefficient (Wildman–Crippen LogP) is 2.22. The number of benzene rings is 1. The van der Waals surface area contributed by atoms with Crippen molar-refractivity contribution in [3.8, 4) is 5.69 Å². The number of pyridine rings is 1. The number of nitrogens with zero attached hydrogens (tertiary/aromatic N) is 2. The molecule has 0 spiro atoms. The van der Waals surface area contributed by atoms with Crippen LogP contribution in [0, 0.1) is 5.92 Å². The Morgan fingerprint density at radius 2 is 1.85 bits per heavy atom. The van der Waals surface area contributed by atoms with Crippen molar-refractivity contribution in [3.63, 3.8) is 0 Å². The van der Waals surface area contributed by atoms with Crippen molar-refractivity contribution in [1.82, 2.24) is 14.8 Å². The van der Waals surface area contributed by atoms with Crippen molar-refractivity contribution in [3.05, 3.63) is 64.1 Å². The number of hydrogen-bond acceptors (Lipinski definition) is 3. The quantitative estimate of drug-likeness (QED) is 0.919. The summed E-state index contributed by atoms with van der Waals surface area (Å²) in [5.41, 5.74) is 2.40. The van der Waals surface area contributed by atoms with Gasteiger partial charge < -0.3 is 10.2 Å². The Morgan fingerprint density at radius 1 is 1.12 bits per heavy atom. The van der Waals surface area contributed by atoms with Gasteiger partial charge in [0.2, 0.25) is 0 Å². The summed E-state index contributed by atoms with van der Waals surface area (Å²) in [4.78, 5) is 27.4. The minimum absolute atomic E-state index is 0.0947. The molecule has 0 saturated carbocycles. The number of fused-ring (bicyclic) bond motifs is 3. The molecule has 1 unspecified atom stereocenters. The number of hydrogen-bond donors (Lipinski definition) is 1. The molecule has 3 saturated heterocycles. The molecule has 5 rings (SSSR count). The highest BCUT2D eigenvalue weighted by Crippen LogP contribution is 2.27. The van der Waals surface area contributed by atoms with Gasteiger partial charge in [-0.3, -0.25) is 14.2 Å². The number of aryl methyl sites for hydroxylation is 1. The van der Waals surface area contributed by atoms with Gasteiger partial charge >= 0.3 is 0 Å². The minimum Gasteiger partial charge on any atom is -0.348 e. The fourth-order valence-corrected chi connectivity index (χ4v) is 4.10. The van der Waals surface area contributed by atoms with E-state index in [1.807, 2.05) is 24.3 Å². The molecule has 4 heterocycles. The van der Waals surface area contributed by atoms with E-state index < -0.39 is 0 Å². The van der Waals surface area contributed by atoms with Crippen molar-refractivity contribution in [2.45, 2.75) is 32.2 Å². The molecule has 5 heteroatoms. The second-order valence-corrected chi connectivity index (χ2v) is 7.36. The largest absolute Gasteiger partial charge is 0.348 e. The summed E-state index contributed by atoms with van der Waals surface area (Å²) in [7, 11) is 0. The van der Waals surface area contributed by atoms with Gasteiger partial charge in [0.05, 0.1) is 5.56 Å². The van der Waals surface area contributed by atoms with Crippen LogP contribution in [0.5, 0.6) is 0 Å². The van der Waals surface area contributed by atoms with E-state index >= 15 is 0 Å². The van der Waals surface area contributed by atoms with E-state index in [2.05, 4.69) is 17.1 Å². The molecule has 3 fully saturated rings. The average Bonchev–Trinajstić information content (AvgIpc) is 2.69. The van der Waals surface area contributed by atoms with Crippen LogP contribution in [-0.2, 0) is 6.42 Å². The Balaban J connectivity index is 1.55. The minimum atomic E-state index is -0.131. The maximum absolute atomic E-state index is 12.7. The van der Waals surface area contributed by atoms with E-state index in [0.717, 1.165) is 44.6 Å². The summed E-state index contributed by atoms with van der Waals surface area (Å²) in [5.74, 6) is 0.485. The Hall–Kier alpha value is -2.40. The second kappa shape index (κ2) is 7.08. The first-order valence-electron chi connectivity index (χ1n) is 9.49. The van der Waals surface area contributed by atoms with Crippen LogP contribution in [0.4, 0.5) is 0 Å². The number of carbonyl (C=O) groups excluding carboxylic acids is 1. The molecule has 0 aliphatic carbocycles. The van der Waals surface area contributed by atoms with Crippen LogP contribution in [0.3, 0.4) is 0 Å². The van der Waals surface area contributed by atoms with E-state index in [1.165, 1.54) is 11.6 Å². The van der Waals surface area contributed by atoms with Crippen LogP contribution in [0.15, 0.2) is 47.4 Å². The van der Waals surface area contributed by atoms with Crippen molar-refractivity contribution in [2.75, 3.05) is 19.6 Å². The zero-order valence-electron chi connectivity index (χ0n) is 15.1. The summed E-state index contributed by atoms with van der Waals surface area (Å²) < 4.78 is 1.55. The standard InChI is InChI=1S/C21H25N3O2/c1-2-15-3-6-18(7-4-15)24-13-17(5-8-20(24)25)21(26)22-19-14-23-11-9-16(19)10-12-23/h3-8,13,16,19H,2,9-12,14H2,1H3,(H,22,26). The van der Waals surface area contributed by atoms with Crippen molar-refractivity contribution >= 4 is 5.91 Å². The highest BCUT2D eigenvalue weighted by Gasteiger charge is 2.34. The SMILES string of the molecule is CCc1ccc(-n2cc(C(=O)NC3CN4CCC3CC4)ccc2=O)cc1. The number of carbonyl (C=O) groups is 1. The molecule has 3 aliphatic rings. The Labute approximate surface area is 153 Å². The molecule has 1 aromatic heterocycles. The maximum atomic E-state index is 12.7. The Kier molecular flexibility index (Phi) is 4.64. The van der Waals surface area contributed by atoms with Crippen LogP contribution in [-0.4, -0.2) is 41.1 Å². The third-order valence-electron chi connectivity index (χ3n) is 5.77. The van der Waals surface area contributed by atoms with Gasteiger partial charge in [-0.2, -0.15) is 0 Å². The van der Waals surface area contributed by atoms with E-state index in [9.17, 15) is 9.59 Å². The lowest BCUT2D eigenvalue weighted by atomic mass is 9.84. The molecule has 2 bridgehead atoms. The lowest BCUT2D eigenvalue weighted by molar-refractivity contribution is 0.0620. The normalized spacial score (nSPS) is 24.4. The number of aromatic nitrogens is 1. The zero-order chi connectivity index (χ0) is 18.1. The first kappa shape index (κ1) is 17.0. The van der Waals surface area contributed by atoms with Gasteiger partial charge in [-0.1, -0.05) is 19.1 Å². The maximum Gasteiger partial charge on any atom is 0.255 e. The van der Waals surface area contributed by atoms with Crippen LogP contribution in [0.2, 0.25) is 0 Å². The molecule has 1 atom stereocenters. The average molecular weight is 351 g/mol. The molecule has 1 N–H and O–H groups in total. The molecule has 136 valence electrons. The smallest absolute Gasteiger partial charge is 0.255 e. The molecule has 3 aliphatic heterocycles. The summed E-state index contributed by atoms with van der Waals surface area (Å²) in [6.07, 6.45) is 4.93. The Bertz CT molecular complexity index is 848. The van der Waals surface area contributed by atoms with E-state index in [-0.39, 0.29) is 17.5 Å².